The molecule has 0 aromatic heterocycles. The number of rotatable bonds is 7. The van der Waals surface area contributed by atoms with Crippen LogP contribution in [0.4, 0.5) is 5.69 Å². The molecule has 0 spiro atoms. The van der Waals surface area contributed by atoms with Crippen LogP contribution in [0.3, 0.4) is 0 Å². The molecule has 3 aliphatic rings. The van der Waals surface area contributed by atoms with Crippen molar-refractivity contribution < 1.29 is 18.3 Å². The summed E-state index contributed by atoms with van der Waals surface area (Å²) in [6.45, 7) is 4.35. The number of nitrogens with one attached hydrogen (secondary N) is 1. The maximum Gasteiger partial charge on any atom is 0.309 e. The third-order valence-electron chi connectivity index (χ3n) is 8.01. The Morgan fingerprint density at radius 1 is 1.12 bits per heavy atom. The van der Waals surface area contributed by atoms with Crippen LogP contribution in [0.15, 0.2) is 47.4 Å². The van der Waals surface area contributed by atoms with Crippen molar-refractivity contribution in [3.8, 4) is 0 Å². The second kappa shape index (κ2) is 7.86. The maximum atomic E-state index is 13.0. The zero-order valence-corrected chi connectivity index (χ0v) is 20.2. The highest BCUT2D eigenvalue weighted by Crippen LogP contribution is 2.49. The molecule has 1 atom stereocenters. The summed E-state index contributed by atoms with van der Waals surface area (Å²) in [6.07, 6.45) is 6.09. The van der Waals surface area contributed by atoms with Gasteiger partial charge in [0.05, 0.1) is 22.1 Å². The number of carbonyl (C=O) groups is 1. The first-order chi connectivity index (χ1) is 15.6. The van der Waals surface area contributed by atoms with Gasteiger partial charge in [-0.1, -0.05) is 44.5 Å². The Labute approximate surface area is 196 Å². The first kappa shape index (κ1) is 22.5. The van der Waals surface area contributed by atoms with Crippen LogP contribution in [0.2, 0.25) is 0 Å². The quantitative estimate of drug-likeness (QED) is 0.562. The van der Waals surface area contributed by atoms with E-state index in [1.807, 2.05) is 24.3 Å². The normalized spacial score (nSPS) is 23.2. The van der Waals surface area contributed by atoms with E-state index in [9.17, 15) is 18.3 Å². The van der Waals surface area contributed by atoms with Gasteiger partial charge < -0.3 is 10.4 Å². The van der Waals surface area contributed by atoms with Crippen LogP contribution in [0.5, 0.6) is 0 Å². The molecule has 0 bridgehead atoms. The van der Waals surface area contributed by atoms with Crippen molar-refractivity contribution in [2.45, 2.75) is 75.1 Å². The molecule has 1 aliphatic heterocycles. The molecule has 33 heavy (non-hydrogen) atoms. The predicted octanol–water partition coefficient (Wildman–Crippen LogP) is 5.50. The molecule has 5 nitrogen and oxygen atoms in total. The van der Waals surface area contributed by atoms with Gasteiger partial charge in [-0.05, 0) is 84.7 Å². The van der Waals surface area contributed by atoms with Crippen LogP contribution in [-0.4, -0.2) is 25.2 Å². The van der Waals surface area contributed by atoms with E-state index >= 15 is 0 Å². The van der Waals surface area contributed by atoms with E-state index in [2.05, 4.69) is 31.3 Å². The first-order valence-corrected chi connectivity index (χ1v) is 13.7. The lowest BCUT2D eigenvalue weighted by atomic mass is 9.74. The highest BCUT2D eigenvalue weighted by atomic mass is 32.2. The Kier molecular flexibility index (Phi) is 5.35. The van der Waals surface area contributed by atoms with E-state index in [0.29, 0.717) is 17.2 Å². The molecule has 0 amide bonds. The van der Waals surface area contributed by atoms with E-state index in [4.69, 9.17) is 0 Å². The average Bonchev–Trinajstić information content (AvgIpc) is 3.51. The van der Waals surface area contributed by atoms with Crippen molar-refractivity contribution in [2.75, 3.05) is 11.1 Å². The lowest BCUT2D eigenvalue weighted by Gasteiger charge is -2.39. The molecule has 2 aliphatic carbocycles. The van der Waals surface area contributed by atoms with Crippen LogP contribution in [0, 0.1) is 11.3 Å². The molecular formula is C27H33NO4S. The zero-order chi connectivity index (χ0) is 23.4. The third-order valence-corrected chi connectivity index (χ3v) is 9.89. The summed E-state index contributed by atoms with van der Waals surface area (Å²) in [4.78, 5) is 12.1. The summed E-state index contributed by atoms with van der Waals surface area (Å²) in [5.74, 6) is -0.126. The molecule has 176 valence electrons. The van der Waals surface area contributed by atoms with Crippen LogP contribution in [0.1, 0.15) is 75.1 Å². The number of carboxylic acid groups (broad SMARTS) is 1. The molecule has 2 aromatic carbocycles. The van der Waals surface area contributed by atoms with E-state index in [0.717, 1.165) is 60.9 Å². The average molecular weight is 468 g/mol. The molecule has 1 unspecified atom stereocenters. The standard InChI is InChI=1S/C27H33NO4S/c1-26(2)16-24(20-8-4-7-19(13-20)15-27(11-12-27)25(29)30)28-23-10-9-21(14-22(23)26)33(31,32)17-18-5-3-6-18/h4,7-10,13-14,18,24,28H,3,5-6,11-12,15-17H2,1-2H3,(H,29,30). The molecule has 1 heterocycles. The van der Waals surface area contributed by atoms with E-state index in [1.54, 1.807) is 6.07 Å². The summed E-state index contributed by atoms with van der Waals surface area (Å²) in [5.41, 5.74) is 3.47. The largest absolute Gasteiger partial charge is 0.481 e. The fraction of sp³-hybridized carbons (Fsp3) is 0.519. The Bertz CT molecular complexity index is 1190. The molecule has 2 saturated carbocycles. The number of benzene rings is 2. The van der Waals surface area contributed by atoms with Gasteiger partial charge in [-0.25, -0.2) is 8.42 Å². The van der Waals surface area contributed by atoms with Crippen molar-refractivity contribution in [1.29, 1.82) is 0 Å². The van der Waals surface area contributed by atoms with Crippen molar-refractivity contribution in [1.82, 2.24) is 0 Å². The topological polar surface area (TPSA) is 83.5 Å². The van der Waals surface area contributed by atoms with E-state index in [1.165, 1.54) is 0 Å². The Hall–Kier alpha value is -2.34. The van der Waals surface area contributed by atoms with Crippen LogP contribution in [0.25, 0.3) is 0 Å². The summed E-state index contributed by atoms with van der Waals surface area (Å²) in [6, 6.07) is 13.9. The lowest BCUT2D eigenvalue weighted by Crippen LogP contribution is -2.31. The molecule has 6 heteroatoms. The summed E-state index contributed by atoms with van der Waals surface area (Å²) in [5, 5.41) is 13.2. The van der Waals surface area contributed by atoms with Gasteiger partial charge in [0.15, 0.2) is 9.84 Å². The number of fused-ring (bicyclic) bond motifs is 1. The lowest BCUT2D eigenvalue weighted by molar-refractivity contribution is -0.143. The highest BCUT2D eigenvalue weighted by Gasteiger charge is 2.50. The van der Waals surface area contributed by atoms with Gasteiger partial charge in [-0.3, -0.25) is 4.79 Å². The van der Waals surface area contributed by atoms with Crippen LogP contribution >= 0.6 is 0 Å². The third kappa shape index (κ3) is 4.30. The fourth-order valence-electron chi connectivity index (χ4n) is 5.46. The fourth-order valence-corrected chi connectivity index (χ4v) is 7.18. The maximum absolute atomic E-state index is 13.0. The van der Waals surface area contributed by atoms with Crippen molar-refractivity contribution >= 4 is 21.5 Å². The van der Waals surface area contributed by atoms with Gasteiger partial charge >= 0.3 is 5.97 Å². The van der Waals surface area contributed by atoms with Crippen molar-refractivity contribution in [3.05, 3.63) is 59.2 Å². The smallest absolute Gasteiger partial charge is 0.309 e. The second-order valence-electron chi connectivity index (χ2n) is 11.1. The van der Waals surface area contributed by atoms with Gasteiger partial charge in [0.2, 0.25) is 0 Å². The number of anilines is 1. The second-order valence-corrected chi connectivity index (χ2v) is 13.1. The molecule has 0 saturated heterocycles. The Morgan fingerprint density at radius 3 is 2.52 bits per heavy atom. The number of carboxylic acids is 1. The van der Waals surface area contributed by atoms with Crippen LogP contribution < -0.4 is 5.32 Å². The highest BCUT2D eigenvalue weighted by molar-refractivity contribution is 7.91. The summed E-state index contributed by atoms with van der Waals surface area (Å²) < 4.78 is 25.9. The van der Waals surface area contributed by atoms with Crippen molar-refractivity contribution in [3.63, 3.8) is 0 Å². The van der Waals surface area contributed by atoms with E-state index < -0.39 is 21.2 Å². The monoisotopic (exact) mass is 467 g/mol. The Morgan fingerprint density at radius 2 is 1.88 bits per heavy atom. The van der Waals surface area contributed by atoms with Gasteiger partial charge in [0.1, 0.15) is 0 Å². The molecule has 5 rings (SSSR count). The zero-order valence-electron chi connectivity index (χ0n) is 19.4. The van der Waals surface area contributed by atoms with Crippen molar-refractivity contribution in [2.24, 2.45) is 11.3 Å². The van der Waals surface area contributed by atoms with E-state index in [-0.39, 0.29) is 17.2 Å². The summed E-state index contributed by atoms with van der Waals surface area (Å²) >= 11 is 0. The predicted molar refractivity (Wildman–Crippen MR) is 129 cm³/mol. The molecule has 2 N–H and O–H groups in total. The SMILES string of the molecule is CC1(C)CC(c2cccc(CC3(C(=O)O)CC3)c2)Nc2ccc(S(=O)(=O)CC3CCC3)cc21. The molecule has 2 fully saturated rings. The summed E-state index contributed by atoms with van der Waals surface area (Å²) in [7, 11) is -3.27. The molecule has 0 radical (unpaired) electrons. The number of aliphatic carboxylic acids is 1. The number of sulfone groups is 1. The first-order valence-electron chi connectivity index (χ1n) is 12.0. The number of hydrogen-bond acceptors (Lipinski definition) is 4. The Balaban J connectivity index is 1.39. The minimum Gasteiger partial charge on any atom is -0.481 e. The van der Waals surface area contributed by atoms with Gasteiger partial charge in [-0.2, -0.15) is 0 Å². The van der Waals surface area contributed by atoms with Gasteiger partial charge in [0, 0.05) is 5.69 Å². The van der Waals surface area contributed by atoms with Gasteiger partial charge in [-0.15, -0.1) is 0 Å². The minimum absolute atomic E-state index is 0.0878. The molecular weight excluding hydrogens is 434 g/mol. The molecule has 2 aromatic rings. The van der Waals surface area contributed by atoms with Crippen LogP contribution in [-0.2, 0) is 26.5 Å². The number of hydrogen-bond donors (Lipinski definition) is 2. The van der Waals surface area contributed by atoms with Gasteiger partial charge in [0.25, 0.3) is 0 Å². The minimum atomic E-state index is -3.27.